The van der Waals surface area contributed by atoms with E-state index in [0.29, 0.717) is 30.6 Å². The van der Waals surface area contributed by atoms with E-state index < -0.39 is 5.41 Å². The molecule has 0 spiro atoms. The van der Waals surface area contributed by atoms with Gasteiger partial charge in [0.2, 0.25) is 11.8 Å². The third-order valence-electron chi connectivity index (χ3n) is 4.45. The summed E-state index contributed by atoms with van der Waals surface area (Å²) < 4.78 is 0. The number of anilines is 1. The van der Waals surface area contributed by atoms with Crippen LogP contribution in [0.3, 0.4) is 0 Å². The molecule has 5 heteroatoms. The first-order chi connectivity index (χ1) is 12.0. The molecule has 0 atom stereocenters. The molecule has 0 heterocycles. The molecule has 126 valence electrons. The fraction of sp³-hybridized carbons (Fsp3) is 0.250. The molecular weight excluding hydrogens is 314 g/mol. The van der Waals surface area contributed by atoms with E-state index in [2.05, 4.69) is 5.32 Å². The minimum Gasteiger partial charge on any atom is -0.340 e. The smallest absolute Gasteiger partial charge is 0.240 e. The zero-order valence-corrected chi connectivity index (χ0v) is 14.0. The lowest BCUT2D eigenvalue weighted by atomic mass is 10.0. The number of nitriles is 1. The van der Waals surface area contributed by atoms with Gasteiger partial charge in [0.25, 0.3) is 0 Å². The van der Waals surface area contributed by atoms with E-state index in [1.165, 1.54) is 0 Å². The number of carbonyl (C=O) groups excluding carboxylic acids is 2. The summed E-state index contributed by atoms with van der Waals surface area (Å²) in [4.78, 5) is 27.1. The van der Waals surface area contributed by atoms with Crippen molar-refractivity contribution in [3.8, 4) is 6.07 Å². The molecule has 5 nitrogen and oxygen atoms in total. The predicted octanol–water partition coefficient (Wildman–Crippen LogP) is 2.94. The second kappa shape index (κ2) is 6.78. The molecule has 3 rings (SSSR count). The van der Waals surface area contributed by atoms with E-state index in [0.717, 1.165) is 5.56 Å². The number of carbonyl (C=O) groups is 2. The highest BCUT2D eigenvalue weighted by Gasteiger charge is 2.57. The molecule has 2 aromatic rings. The molecule has 25 heavy (non-hydrogen) atoms. The SMILES string of the molecule is CN(Cc1ccccc1)C(=O)C1(C(=O)Nc2cccc(C#N)c2)CC1. The van der Waals surface area contributed by atoms with Crippen LogP contribution in [-0.4, -0.2) is 23.8 Å². The summed E-state index contributed by atoms with van der Waals surface area (Å²) in [6, 6.07) is 18.4. The van der Waals surface area contributed by atoms with E-state index in [-0.39, 0.29) is 11.8 Å². The average molecular weight is 333 g/mol. The summed E-state index contributed by atoms with van der Waals surface area (Å²) in [5.74, 6) is -0.460. The number of benzene rings is 2. The maximum Gasteiger partial charge on any atom is 0.240 e. The molecular formula is C20H19N3O2. The Labute approximate surface area is 146 Å². The van der Waals surface area contributed by atoms with Gasteiger partial charge in [0.1, 0.15) is 5.41 Å². The predicted molar refractivity (Wildman–Crippen MR) is 94.4 cm³/mol. The topological polar surface area (TPSA) is 73.2 Å². The molecule has 1 N–H and O–H groups in total. The largest absolute Gasteiger partial charge is 0.340 e. The Morgan fingerprint density at radius 1 is 1.16 bits per heavy atom. The van der Waals surface area contributed by atoms with Crippen LogP contribution in [0.4, 0.5) is 5.69 Å². The van der Waals surface area contributed by atoms with Crippen molar-refractivity contribution in [2.75, 3.05) is 12.4 Å². The van der Waals surface area contributed by atoms with Crippen LogP contribution in [0.2, 0.25) is 0 Å². The molecule has 0 aromatic heterocycles. The van der Waals surface area contributed by atoms with Crippen molar-refractivity contribution < 1.29 is 9.59 Å². The van der Waals surface area contributed by atoms with Crippen LogP contribution >= 0.6 is 0 Å². The number of hydrogen-bond donors (Lipinski definition) is 1. The summed E-state index contributed by atoms with van der Waals surface area (Å²) in [6.45, 7) is 0.471. The van der Waals surface area contributed by atoms with Crippen LogP contribution in [0.5, 0.6) is 0 Å². The molecule has 2 aromatic carbocycles. The summed E-state index contributed by atoms with van der Waals surface area (Å²) >= 11 is 0. The molecule has 1 saturated carbocycles. The maximum atomic E-state index is 12.8. The second-order valence-electron chi connectivity index (χ2n) is 6.38. The molecule has 2 amide bonds. The van der Waals surface area contributed by atoms with E-state index in [9.17, 15) is 9.59 Å². The lowest BCUT2D eigenvalue weighted by Crippen LogP contribution is -2.40. The van der Waals surface area contributed by atoms with Gasteiger partial charge in [0, 0.05) is 19.3 Å². The first-order valence-electron chi connectivity index (χ1n) is 8.16. The molecule has 1 aliphatic rings. The first-order valence-corrected chi connectivity index (χ1v) is 8.16. The van der Waals surface area contributed by atoms with Crippen LogP contribution in [0.15, 0.2) is 54.6 Å². The summed E-state index contributed by atoms with van der Waals surface area (Å²) in [5, 5.41) is 11.7. The van der Waals surface area contributed by atoms with Crippen molar-refractivity contribution in [1.82, 2.24) is 4.90 Å². The molecule has 1 aliphatic carbocycles. The number of amides is 2. The third kappa shape index (κ3) is 3.53. The molecule has 0 bridgehead atoms. The summed E-state index contributed by atoms with van der Waals surface area (Å²) in [6.07, 6.45) is 1.10. The maximum absolute atomic E-state index is 12.8. The minimum absolute atomic E-state index is 0.162. The fourth-order valence-electron chi connectivity index (χ4n) is 2.87. The van der Waals surface area contributed by atoms with Crippen molar-refractivity contribution in [3.05, 3.63) is 65.7 Å². The Kier molecular flexibility index (Phi) is 4.53. The van der Waals surface area contributed by atoms with Gasteiger partial charge in [-0.15, -0.1) is 0 Å². The number of rotatable bonds is 5. The van der Waals surface area contributed by atoms with Crippen molar-refractivity contribution in [2.45, 2.75) is 19.4 Å². The summed E-state index contributed by atoms with van der Waals surface area (Å²) in [7, 11) is 1.72. The van der Waals surface area contributed by atoms with Crippen molar-refractivity contribution in [2.24, 2.45) is 5.41 Å². The zero-order valence-electron chi connectivity index (χ0n) is 14.0. The lowest BCUT2D eigenvalue weighted by Gasteiger charge is -2.23. The second-order valence-corrected chi connectivity index (χ2v) is 6.38. The Morgan fingerprint density at radius 2 is 1.88 bits per heavy atom. The van der Waals surface area contributed by atoms with Crippen LogP contribution in [0.1, 0.15) is 24.0 Å². The van der Waals surface area contributed by atoms with Crippen LogP contribution in [0, 0.1) is 16.7 Å². The summed E-state index contributed by atoms with van der Waals surface area (Å²) in [5.41, 5.74) is 1.05. The zero-order chi connectivity index (χ0) is 17.9. The van der Waals surface area contributed by atoms with Crippen molar-refractivity contribution in [1.29, 1.82) is 5.26 Å². The highest BCUT2D eigenvalue weighted by molar-refractivity contribution is 6.13. The standard InChI is InChI=1S/C20H19N3O2/c1-23(14-15-6-3-2-4-7-15)19(25)20(10-11-20)18(24)22-17-9-5-8-16(12-17)13-21/h2-9,12H,10-11,14H2,1H3,(H,22,24). The number of nitrogens with one attached hydrogen (secondary N) is 1. The first kappa shape index (κ1) is 16.7. The van der Waals surface area contributed by atoms with Crippen LogP contribution in [0.25, 0.3) is 0 Å². The van der Waals surface area contributed by atoms with Gasteiger partial charge in [-0.05, 0) is 36.6 Å². The van der Waals surface area contributed by atoms with E-state index >= 15 is 0 Å². The minimum atomic E-state index is -0.980. The monoisotopic (exact) mass is 333 g/mol. The van der Waals surface area contributed by atoms with Gasteiger partial charge in [0.15, 0.2) is 0 Å². The van der Waals surface area contributed by atoms with Gasteiger partial charge in [-0.2, -0.15) is 5.26 Å². The Hall–Kier alpha value is -3.13. The van der Waals surface area contributed by atoms with Gasteiger partial charge in [-0.25, -0.2) is 0 Å². The molecule has 0 radical (unpaired) electrons. The molecule has 0 saturated heterocycles. The van der Waals surface area contributed by atoms with E-state index in [1.54, 1.807) is 36.2 Å². The third-order valence-corrected chi connectivity index (χ3v) is 4.45. The Morgan fingerprint density at radius 3 is 2.52 bits per heavy atom. The normalized spacial score (nSPS) is 14.2. The Balaban J connectivity index is 1.69. The average Bonchev–Trinajstić information content (AvgIpc) is 3.44. The van der Waals surface area contributed by atoms with Crippen LogP contribution in [-0.2, 0) is 16.1 Å². The van der Waals surface area contributed by atoms with Gasteiger partial charge in [-0.3, -0.25) is 9.59 Å². The number of nitrogens with zero attached hydrogens (tertiary/aromatic N) is 2. The molecule has 1 fully saturated rings. The molecule has 0 unspecified atom stereocenters. The van der Waals surface area contributed by atoms with Gasteiger partial charge < -0.3 is 10.2 Å². The fourth-order valence-corrected chi connectivity index (χ4v) is 2.87. The van der Waals surface area contributed by atoms with Gasteiger partial charge >= 0.3 is 0 Å². The number of hydrogen-bond acceptors (Lipinski definition) is 3. The Bertz CT molecular complexity index is 836. The highest BCUT2D eigenvalue weighted by Crippen LogP contribution is 2.48. The van der Waals surface area contributed by atoms with Gasteiger partial charge in [-0.1, -0.05) is 36.4 Å². The highest BCUT2D eigenvalue weighted by atomic mass is 16.2. The van der Waals surface area contributed by atoms with Gasteiger partial charge in [0.05, 0.1) is 11.6 Å². The van der Waals surface area contributed by atoms with E-state index in [4.69, 9.17) is 5.26 Å². The lowest BCUT2D eigenvalue weighted by molar-refractivity contribution is -0.141. The van der Waals surface area contributed by atoms with Crippen molar-refractivity contribution in [3.63, 3.8) is 0 Å². The molecule has 0 aliphatic heterocycles. The van der Waals surface area contributed by atoms with Crippen molar-refractivity contribution >= 4 is 17.5 Å². The van der Waals surface area contributed by atoms with Crippen LogP contribution < -0.4 is 5.32 Å². The van der Waals surface area contributed by atoms with E-state index in [1.807, 2.05) is 36.4 Å². The quantitative estimate of drug-likeness (QED) is 0.855.